The lowest BCUT2D eigenvalue weighted by molar-refractivity contribution is 0.174. The summed E-state index contributed by atoms with van der Waals surface area (Å²) in [5.41, 5.74) is 2.11. The molecule has 1 aliphatic rings. The van der Waals surface area contributed by atoms with Gasteiger partial charge in [0.05, 0.1) is 16.9 Å². The molecule has 3 rings (SSSR count). The Balaban J connectivity index is 1.56. The number of benzene rings is 1. The second-order valence-corrected chi connectivity index (χ2v) is 5.53. The largest absolute Gasteiger partial charge is 0.454 e. The Bertz CT molecular complexity index is 633. The zero-order chi connectivity index (χ0) is 14.7. The number of hydrogen-bond donors (Lipinski definition) is 1. The molecule has 0 spiro atoms. The highest BCUT2D eigenvalue weighted by atomic mass is 35.5. The molecular weight excluding hydrogens is 288 g/mol. The van der Waals surface area contributed by atoms with Gasteiger partial charge in [-0.05, 0) is 43.5 Å². The molecule has 2 aromatic rings. The van der Waals surface area contributed by atoms with Gasteiger partial charge >= 0.3 is 0 Å². The molecule has 1 aromatic heterocycles. The van der Waals surface area contributed by atoms with Crippen molar-refractivity contribution in [1.82, 2.24) is 4.98 Å². The van der Waals surface area contributed by atoms with Gasteiger partial charge < -0.3 is 14.8 Å². The second-order valence-electron chi connectivity index (χ2n) is 5.13. The monoisotopic (exact) mass is 304 g/mol. The molecular formula is C16H17ClN2O2. The normalized spacial score (nSPS) is 14.0. The van der Waals surface area contributed by atoms with E-state index in [0.29, 0.717) is 17.9 Å². The van der Waals surface area contributed by atoms with Crippen LogP contribution in [0.5, 0.6) is 11.5 Å². The van der Waals surface area contributed by atoms with Gasteiger partial charge in [-0.2, -0.15) is 0 Å². The maximum absolute atomic E-state index is 6.12. The van der Waals surface area contributed by atoms with E-state index in [0.717, 1.165) is 30.0 Å². The number of nitrogens with zero attached hydrogens (tertiary/aromatic N) is 1. The first-order valence-corrected chi connectivity index (χ1v) is 7.35. The van der Waals surface area contributed by atoms with Gasteiger partial charge in [-0.25, -0.2) is 0 Å². The predicted molar refractivity (Wildman–Crippen MR) is 83.2 cm³/mol. The van der Waals surface area contributed by atoms with Crippen LogP contribution in [0.2, 0.25) is 5.02 Å². The third-order valence-corrected chi connectivity index (χ3v) is 3.80. The van der Waals surface area contributed by atoms with Gasteiger partial charge in [0.15, 0.2) is 11.5 Å². The highest BCUT2D eigenvalue weighted by Gasteiger charge is 2.13. The Morgan fingerprint density at radius 1 is 1.29 bits per heavy atom. The standard InChI is InChI=1S/C16H17ClN2O2/c1-11(19-14-9-18-7-6-13(14)17)2-3-12-4-5-15-16(8-12)21-10-20-15/h4-9,11,19H,2-3,10H2,1H3. The number of fused-ring (bicyclic) bond motifs is 1. The van der Waals surface area contributed by atoms with Gasteiger partial charge in [0.1, 0.15) is 0 Å². The molecule has 1 aliphatic heterocycles. The molecule has 0 radical (unpaired) electrons. The maximum Gasteiger partial charge on any atom is 0.231 e. The van der Waals surface area contributed by atoms with Crippen LogP contribution in [0, 0.1) is 0 Å². The second kappa shape index (κ2) is 6.22. The summed E-state index contributed by atoms with van der Waals surface area (Å²) in [5.74, 6) is 1.66. The fraction of sp³-hybridized carbons (Fsp3) is 0.312. The van der Waals surface area contributed by atoms with E-state index in [-0.39, 0.29) is 0 Å². The number of rotatable bonds is 5. The minimum atomic E-state index is 0.303. The van der Waals surface area contributed by atoms with Crippen LogP contribution in [0.4, 0.5) is 5.69 Å². The summed E-state index contributed by atoms with van der Waals surface area (Å²) < 4.78 is 10.7. The van der Waals surface area contributed by atoms with E-state index in [1.165, 1.54) is 5.56 Å². The summed E-state index contributed by atoms with van der Waals surface area (Å²) in [6, 6.07) is 8.18. The molecule has 0 saturated carbocycles. The minimum Gasteiger partial charge on any atom is -0.454 e. The number of aryl methyl sites for hydroxylation is 1. The van der Waals surface area contributed by atoms with Crippen LogP contribution >= 0.6 is 11.6 Å². The number of aromatic nitrogens is 1. The average molecular weight is 305 g/mol. The number of pyridine rings is 1. The molecule has 0 bridgehead atoms. The van der Waals surface area contributed by atoms with Crippen molar-refractivity contribution in [3.05, 3.63) is 47.2 Å². The lowest BCUT2D eigenvalue weighted by Crippen LogP contribution is -2.16. The first kappa shape index (κ1) is 14.0. The van der Waals surface area contributed by atoms with E-state index in [9.17, 15) is 0 Å². The Morgan fingerprint density at radius 3 is 3.00 bits per heavy atom. The van der Waals surface area contributed by atoms with E-state index >= 15 is 0 Å². The number of anilines is 1. The Hall–Kier alpha value is -1.94. The molecule has 0 amide bonds. The average Bonchev–Trinajstić information content (AvgIpc) is 2.95. The summed E-state index contributed by atoms with van der Waals surface area (Å²) in [6.45, 7) is 2.45. The van der Waals surface area contributed by atoms with Crippen LogP contribution < -0.4 is 14.8 Å². The van der Waals surface area contributed by atoms with Crippen LogP contribution in [0.25, 0.3) is 0 Å². The first-order chi connectivity index (χ1) is 10.2. The van der Waals surface area contributed by atoms with Crippen molar-refractivity contribution in [2.24, 2.45) is 0 Å². The maximum atomic E-state index is 6.12. The van der Waals surface area contributed by atoms with E-state index in [1.807, 2.05) is 12.1 Å². The Labute approximate surface area is 129 Å². The number of halogens is 1. The number of ether oxygens (including phenoxy) is 2. The van der Waals surface area contributed by atoms with Crippen LogP contribution in [0.1, 0.15) is 18.9 Å². The molecule has 1 atom stereocenters. The quantitative estimate of drug-likeness (QED) is 0.910. The molecule has 1 aromatic carbocycles. The molecule has 110 valence electrons. The SMILES string of the molecule is CC(CCc1ccc2c(c1)OCO2)Nc1cnccc1Cl. The van der Waals surface area contributed by atoms with Gasteiger partial charge in [0.2, 0.25) is 6.79 Å². The third kappa shape index (κ3) is 3.39. The highest BCUT2D eigenvalue weighted by Crippen LogP contribution is 2.33. The molecule has 4 nitrogen and oxygen atoms in total. The Morgan fingerprint density at radius 2 is 2.14 bits per heavy atom. The molecule has 0 aliphatic carbocycles. The molecule has 0 saturated heterocycles. The fourth-order valence-electron chi connectivity index (χ4n) is 2.30. The predicted octanol–water partition coefficient (Wildman–Crippen LogP) is 3.90. The van der Waals surface area contributed by atoms with E-state index in [4.69, 9.17) is 21.1 Å². The van der Waals surface area contributed by atoms with E-state index in [1.54, 1.807) is 18.5 Å². The number of nitrogens with one attached hydrogen (secondary N) is 1. The van der Waals surface area contributed by atoms with Crippen molar-refractivity contribution < 1.29 is 9.47 Å². The van der Waals surface area contributed by atoms with Gasteiger partial charge in [0, 0.05) is 12.2 Å². The lowest BCUT2D eigenvalue weighted by atomic mass is 10.1. The summed E-state index contributed by atoms with van der Waals surface area (Å²) in [7, 11) is 0. The smallest absolute Gasteiger partial charge is 0.231 e. The molecule has 1 N–H and O–H groups in total. The number of hydrogen-bond acceptors (Lipinski definition) is 4. The van der Waals surface area contributed by atoms with Gasteiger partial charge in [0.25, 0.3) is 0 Å². The fourth-order valence-corrected chi connectivity index (χ4v) is 2.46. The van der Waals surface area contributed by atoms with Crippen LogP contribution in [0.3, 0.4) is 0 Å². The van der Waals surface area contributed by atoms with Crippen molar-refractivity contribution in [1.29, 1.82) is 0 Å². The van der Waals surface area contributed by atoms with Gasteiger partial charge in [-0.1, -0.05) is 17.7 Å². The van der Waals surface area contributed by atoms with Crippen molar-refractivity contribution in [2.75, 3.05) is 12.1 Å². The summed E-state index contributed by atoms with van der Waals surface area (Å²) in [5, 5.41) is 4.08. The van der Waals surface area contributed by atoms with Crippen molar-refractivity contribution in [2.45, 2.75) is 25.8 Å². The minimum absolute atomic E-state index is 0.303. The van der Waals surface area contributed by atoms with Crippen molar-refractivity contribution in [3.63, 3.8) is 0 Å². The molecule has 0 fully saturated rings. The van der Waals surface area contributed by atoms with E-state index < -0.39 is 0 Å². The van der Waals surface area contributed by atoms with Crippen molar-refractivity contribution in [3.8, 4) is 11.5 Å². The third-order valence-electron chi connectivity index (χ3n) is 3.47. The summed E-state index contributed by atoms with van der Waals surface area (Å²) in [4.78, 5) is 4.08. The van der Waals surface area contributed by atoms with Gasteiger partial charge in [-0.3, -0.25) is 4.98 Å². The molecule has 21 heavy (non-hydrogen) atoms. The van der Waals surface area contributed by atoms with Crippen LogP contribution in [-0.4, -0.2) is 17.8 Å². The summed E-state index contributed by atoms with van der Waals surface area (Å²) >= 11 is 6.12. The van der Waals surface area contributed by atoms with Crippen LogP contribution in [-0.2, 0) is 6.42 Å². The zero-order valence-electron chi connectivity index (χ0n) is 11.8. The van der Waals surface area contributed by atoms with Crippen LogP contribution in [0.15, 0.2) is 36.7 Å². The van der Waals surface area contributed by atoms with Crippen molar-refractivity contribution >= 4 is 17.3 Å². The molecule has 5 heteroatoms. The van der Waals surface area contributed by atoms with Gasteiger partial charge in [-0.15, -0.1) is 0 Å². The topological polar surface area (TPSA) is 43.4 Å². The molecule has 2 heterocycles. The van der Waals surface area contributed by atoms with E-state index in [2.05, 4.69) is 23.3 Å². The summed E-state index contributed by atoms with van der Waals surface area (Å²) in [6.07, 6.45) is 5.39. The zero-order valence-corrected chi connectivity index (χ0v) is 12.6. The Kier molecular flexibility index (Phi) is 4.15. The highest BCUT2D eigenvalue weighted by molar-refractivity contribution is 6.33. The molecule has 1 unspecified atom stereocenters. The lowest BCUT2D eigenvalue weighted by Gasteiger charge is -2.16. The first-order valence-electron chi connectivity index (χ1n) is 6.97.